The number of aryl methyl sites for hydroxylation is 2. The van der Waals surface area contributed by atoms with Crippen LogP contribution in [0.1, 0.15) is 28.5 Å². The second-order valence-electron chi connectivity index (χ2n) is 5.27. The molecule has 0 radical (unpaired) electrons. The van der Waals surface area contributed by atoms with Gasteiger partial charge in [-0.1, -0.05) is 12.1 Å². The first-order valence-electron chi connectivity index (χ1n) is 6.67. The Labute approximate surface area is 121 Å². The smallest absolute Gasteiger partial charge is 0.134 e. The van der Waals surface area contributed by atoms with Gasteiger partial charge < -0.3 is 10.2 Å². The van der Waals surface area contributed by atoms with Gasteiger partial charge >= 0.3 is 0 Å². The summed E-state index contributed by atoms with van der Waals surface area (Å²) in [6.45, 7) is 3.87. The molecule has 0 spiro atoms. The summed E-state index contributed by atoms with van der Waals surface area (Å²) in [6.07, 6.45) is 0. The lowest BCUT2D eigenvalue weighted by Crippen LogP contribution is -2.12. The molecule has 0 saturated heterocycles. The van der Waals surface area contributed by atoms with Gasteiger partial charge in [0.2, 0.25) is 0 Å². The van der Waals surface area contributed by atoms with E-state index in [9.17, 15) is 8.78 Å². The molecule has 4 heteroatoms. The number of nitrogens with two attached hydrogens (primary N) is 1. The third-order valence-electron chi connectivity index (χ3n) is 3.66. The minimum Gasteiger partial charge on any atom is -0.459 e. The van der Waals surface area contributed by atoms with Crippen LogP contribution in [0.5, 0.6) is 0 Å². The minimum atomic E-state index is -0.706. The molecule has 3 rings (SSSR count). The lowest BCUT2D eigenvalue weighted by atomic mass is 10.0. The number of fused-ring (bicyclic) bond motifs is 1. The molecule has 0 aliphatic rings. The number of hydrogen-bond acceptors (Lipinski definition) is 2. The zero-order chi connectivity index (χ0) is 15.1. The number of benzene rings is 2. The fraction of sp³-hybridized carbons (Fsp3) is 0.176. The van der Waals surface area contributed by atoms with Crippen LogP contribution in [-0.4, -0.2) is 0 Å². The molecular weight excluding hydrogens is 272 g/mol. The first-order chi connectivity index (χ1) is 9.95. The predicted octanol–water partition coefficient (Wildman–Crippen LogP) is 4.38. The van der Waals surface area contributed by atoms with E-state index in [2.05, 4.69) is 0 Å². The molecule has 0 fully saturated rings. The molecule has 2 aromatic carbocycles. The average Bonchev–Trinajstić information content (AvgIpc) is 2.73. The van der Waals surface area contributed by atoms with Gasteiger partial charge in [-0.05, 0) is 43.2 Å². The van der Waals surface area contributed by atoms with E-state index in [1.807, 2.05) is 32.0 Å². The SMILES string of the molecule is Cc1ccc2c(C)c(C(N)c3cc(F)cc(F)c3)oc2c1. The zero-order valence-electron chi connectivity index (χ0n) is 11.8. The number of furan rings is 1. The maximum absolute atomic E-state index is 13.3. The fourth-order valence-electron chi connectivity index (χ4n) is 2.55. The molecule has 0 amide bonds. The Morgan fingerprint density at radius 1 is 1.00 bits per heavy atom. The van der Waals surface area contributed by atoms with E-state index in [-0.39, 0.29) is 0 Å². The van der Waals surface area contributed by atoms with E-state index in [0.29, 0.717) is 11.3 Å². The van der Waals surface area contributed by atoms with Gasteiger partial charge in [0.1, 0.15) is 23.0 Å². The van der Waals surface area contributed by atoms with Gasteiger partial charge in [-0.15, -0.1) is 0 Å². The molecule has 1 heterocycles. The van der Waals surface area contributed by atoms with Crippen molar-refractivity contribution in [3.8, 4) is 0 Å². The summed E-state index contributed by atoms with van der Waals surface area (Å²) >= 11 is 0. The predicted molar refractivity (Wildman–Crippen MR) is 78.1 cm³/mol. The Balaban J connectivity index is 2.12. The second-order valence-corrected chi connectivity index (χ2v) is 5.27. The van der Waals surface area contributed by atoms with Crippen molar-refractivity contribution in [1.29, 1.82) is 0 Å². The quantitative estimate of drug-likeness (QED) is 0.760. The van der Waals surface area contributed by atoms with Crippen LogP contribution in [0.25, 0.3) is 11.0 Å². The maximum atomic E-state index is 13.3. The maximum Gasteiger partial charge on any atom is 0.134 e. The summed E-state index contributed by atoms with van der Waals surface area (Å²) in [5.41, 5.74) is 9.18. The highest BCUT2D eigenvalue weighted by molar-refractivity contribution is 5.83. The van der Waals surface area contributed by atoms with Crippen molar-refractivity contribution in [2.75, 3.05) is 0 Å². The summed E-state index contributed by atoms with van der Waals surface area (Å²) in [4.78, 5) is 0. The lowest BCUT2D eigenvalue weighted by Gasteiger charge is -2.10. The minimum absolute atomic E-state index is 0.353. The Bertz CT molecular complexity index is 803. The zero-order valence-corrected chi connectivity index (χ0v) is 11.8. The molecular formula is C17H15F2NO. The van der Waals surface area contributed by atoms with Crippen LogP contribution in [0.2, 0.25) is 0 Å². The van der Waals surface area contributed by atoms with Crippen molar-refractivity contribution in [3.05, 3.63) is 70.5 Å². The molecule has 2 N–H and O–H groups in total. The summed E-state index contributed by atoms with van der Waals surface area (Å²) in [6, 6.07) is 8.45. The van der Waals surface area contributed by atoms with E-state index in [1.165, 1.54) is 12.1 Å². The van der Waals surface area contributed by atoms with E-state index >= 15 is 0 Å². The number of hydrogen-bond donors (Lipinski definition) is 1. The van der Waals surface area contributed by atoms with Gasteiger partial charge in [0.15, 0.2) is 0 Å². The van der Waals surface area contributed by atoms with Crippen LogP contribution in [-0.2, 0) is 0 Å². The second kappa shape index (κ2) is 4.97. The molecule has 1 atom stereocenters. The molecule has 108 valence electrons. The largest absolute Gasteiger partial charge is 0.459 e. The third kappa shape index (κ3) is 2.43. The van der Waals surface area contributed by atoms with Gasteiger partial charge in [-0.3, -0.25) is 0 Å². The Kier molecular flexibility index (Phi) is 3.26. The first kappa shape index (κ1) is 13.8. The molecule has 0 saturated carbocycles. The van der Waals surface area contributed by atoms with Crippen LogP contribution in [0.15, 0.2) is 40.8 Å². The summed E-state index contributed by atoms with van der Waals surface area (Å²) in [7, 11) is 0. The number of halogens is 2. The van der Waals surface area contributed by atoms with Crippen molar-refractivity contribution < 1.29 is 13.2 Å². The molecule has 1 unspecified atom stereocenters. The van der Waals surface area contributed by atoms with Gasteiger partial charge in [-0.25, -0.2) is 8.78 Å². The van der Waals surface area contributed by atoms with E-state index in [1.54, 1.807) is 0 Å². The van der Waals surface area contributed by atoms with Gasteiger partial charge in [0.25, 0.3) is 0 Å². The first-order valence-corrected chi connectivity index (χ1v) is 6.67. The normalized spacial score (nSPS) is 12.8. The topological polar surface area (TPSA) is 39.2 Å². The van der Waals surface area contributed by atoms with Crippen LogP contribution in [0.3, 0.4) is 0 Å². The molecule has 2 nitrogen and oxygen atoms in total. The number of rotatable bonds is 2. The van der Waals surface area contributed by atoms with E-state index < -0.39 is 17.7 Å². The van der Waals surface area contributed by atoms with E-state index in [0.717, 1.165) is 28.2 Å². The molecule has 0 bridgehead atoms. The van der Waals surface area contributed by atoms with Crippen molar-refractivity contribution in [2.24, 2.45) is 5.73 Å². The molecule has 0 aliphatic carbocycles. The van der Waals surface area contributed by atoms with Crippen molar-refractivity contribution in [2.45, 2.75) is 19.9 Å². The Hall–Kier alpha value is -2.20. The van der Waals surface area contributed by atoms with E-state index in [4.69, 9.17) is 10.2 Å². The fourth-order valence-corrected chi connectivity index (χ4v) is 2.55. The molecule has 1 aromatic heterocycles. The average molecular weight is 287 g/mol. The highest BCUT2D eigenvalue weighted by atomic mass is 19.1. The Morgan fingerprint density at radius 2 is 1.67 bits per heavy atom. The van der Waals surface area contributed by atoms with Crippen LogP contribution < -0.4 is 5.73 Å². The Morgan fingerprint density at radius 3 is 2.33 bits per heavy atom. The molecule has 21 heavy (non-hydrogen) atoms. The molecule has 3 aromatic rings. The van der Waals surface area contributed by atoms with Crippen LogP contribution in [0, 0.1) is 25.5 Å². The monoisotopic (exact) mass is 287 g/mol. The highest BCUT2D eigenvalue weighted by Gasteiger charge is 2.19. The molecule has 0 aliphatic heterocycles. The van der Waals surface area contributed by atoms with Crippen LogP contribution >= 0.6 is 0 Å². The van der Waals surface area contributed by atoms with Crippen molar-refractivity contribution in [1.82, 2.24) is 0 Å². The summed E-state index contributed by atoms with van der Waals surface area (Å²) in [5.74, 6) is -0.768. The standard InChI is InChI=1S/C17H15F2NO/c1-9-3-4-14-10(2)17(21-15(14)5-9)16(20)11-6-12(18)8-13(19)7-11/h3-8,16H,20H2,1-2H3. The highest BCUT2D eigenvalue weighted by Crippen LogP contribution is 2.32. The van der Waals surface area contributed by atoms with Crippen LogP contribution in [0.4, 0.5) is 8.78 Å². The van der Waals surface area contributed by atoms with Crippen molar-refractivity contribution in [3.63, 3.8) is 0 Å². The van der Waals surface area contributed by atoms with Gasteiger partial charge in [0, 0.05) is 17.0 Å². The van der Waals surface area contributed by atoms with Gasteiger partial charge in [0.05, 0.1) is 6.04 Å². The summed E-state index contributed by atoms with van der Waals surface area (Å²) < 4.78 is 32.5. The van der Waals surface area contributed by atoms with Gasteiger partial charge in [-0.2, -0.15) is 0 Å². The third-order valence-corrected chi connectivity index (χ3v) is 3.66. The lowest BCUT2D eigenvalue weighted by molar-refractivity contribution is 0.515. The van der Waals surface area contributed by atoms with Crippen molar-refractivity contribution >= 4 is 11.0 Å². The summed E-state index contributed by atoms with van der Waals surface area (Å²) in [5, 5.41) is 0.961.